The fraction of sp³-hybridized carbons (Fsp3) is 0.0435. The molecule has 2 aromatic carbocycles. The molecule has 0 spiro atoms. The van der Waals surface area contributed by atoms with Gasteiger partial charge in [-0.3, -0.25) is 0 Å². The minimum absolute atomic E-state index is 0.806. The molecule has 0 amide bonds. The second-order valence-electron chi connectivity index (χ2n) is 6.57. The van der Waals surface area contributed by atoms with Crippen LogP contribution in [-0.4, -0.2) is 14.5 Å². The average Bonchev–Trinajstić information content (AvgIpc) is 3.34. The zero-order chi connectivity index (χ0) is 18.9. The number of hydrogen-bond acceptors (Lipinski definition) is 4. The van der Waals surface area contributed by atoms with Gasteiger partial charge >= 0.3 is 0 Å². The van der Waals surface area contributed by atoms with Crippen LogP contribution in [0.4, 0.5) is 11.5 Å². The van der Waals surface area contributed by atoms with Crippen molar-refractivity contribution in [3.8, 4) is 10.4 Å². The van der Waals surface area contributed by atoms with Crippen LogP contribution in [0.25, 0.3) is 31.6 Å². The Kier molecular flexibility index (Phi) is 4.14. The summed E-state index contributed by atoms with van der Waals surface area (Å²) in [4.78, 5) is 10.1. The van der Waals surface area contributed by atoms with E-state index in [4.69, 9.17) is 0 Å². The van der Waals surface area contributed by atoms with Crippen molar-refractivity contribution in [1.82, 2.24) is 14.5 Å². The second-order valence-corrected chi connectivity index (χ2v) is 7.62. The zero-order valence-electron chi connectivity index (χ0n) is 15.2. The molecule has 0 unspecified atom stereocenters. The summed E-state index contributed by atoms with van der Waals surface area (Å²) >= 11 is 1.71. The first-order chi connectivity index (χ1) is 13.8. The maximum Gasteiger partial charge on any atom is 0.151 e. The van der Waals surface area contributed by atoms with Crippen molar-refractivity contribution < 1.29 is 0 Å². The maximum absolute atomic E-state index is 4.49. The molecule has 5 rings (SSSR count). The van der Waals surface area contributed by atoms with E-state index in [0.717, 1.165) is 28.3 Å². The first kappa shape index (κ1) is 16.7. The van der Waals surface area contributed by atoms with Crippen LogP contribution in [0.15, 0.2) is 85.8 Å². The third-order valence-corrected chi connectivity index (χ3v) is 5.91. The molecule has 0 aliphatic carbocycles. The van der Waals surface area contributed by atoms with Gasteiger partial charge in [-0.2, -0.15) is 0 Å². The summed E-state index contributed by atoms with van der Waals surface area (Å²) in [6.45, 7) is 4.63. The largest absolute Gasteiger partial charge is 0.344 e. The second kappa shape index (κ2) is 6.94. The number of hydrogen-bond donors (Lipinski definition) is 1. The number of rotatable bonds is 5. The topological polar surface area (TPSA) is 42.7 Å². The van der Waals surface area contributed by atoms with Crippen LogP contribution < -0.4 is 5.32 Å². The highest BCUT2D eigenvalue weighted by Crippen LogP contribution is 2.36. The lowest BCUT2D eigenvalue weighted by Gasteiger charge is -2.07. The molecule has 136 valence electrons. The predicted octanol–water partition coefficient (Wildman–Crippen LogP) is 6.24. The van der Waals surface area contributed by atoms with Crippen LogP contribution in [0.5, 0.6) is 0 Å². The summed E-state index contributed by atoms with van der Waals surface area (Å²) in [6, 6.07) is 21.0. The number of anilines is 2. The Labute approximate surface area is 166 Å². The number of nitrogens with zero attached hydrogens (tertiary/aromatic N) is 3. The normalized spacial score (nSPS) is 11.1. The smallest absolute Gasteiger partial charge is 0.151 e. The molecule has 0 bridgehead atoms. The van der Waals surface area contributed by atoms with Gasteiger partial charge in [-0.25, -0.2) is 9.97 Å². The molecule has 1 N–H and O–H groups in total. The summed E-state index contributed by atoms with van der Waals surface area (Å²) in [7, 11) is 0. The van der Waals surface area contributed by atoms with E-state index in [0.29, 0.717) is 0 Å². The van der Waals surface area contributed by atoms with Crippen LogP contribution in [0.2, 0.25) is 0 Å². The van der Waals surface area contributed by atoms with Crippen molar-refractivity contribution >= 4 is 44.0 Å². The fourth-order valence-corrected chi connectivity index (χ4v) is 4.46. The van der Waals surface area contributed by atoms with Gasteiger partial charge in [-0.1, -0.05) is 36.4 Å². The Morgan fingerprint density at radius 1 is 1.04 bits per heavy atom. The molecule has 0 radical (unpaired) electrons. The number of aromatic nitrogens is 3. The molecule has 0 saturated heterocycles. The first-order valence-electron chi connectivity index (χ1n) is 9.08. The molecular weight excluding hydrogens is 364 g/mol. The van der Waals surface area contributed by atoms with Gasteiger partial charge in [0.15, 0.2) is 5.82 Å². The monoisotopic (exact) mass is 382 g/mol. The Bertz CT molecular complexity index is 1280. The molecule has 0 atom stereocenters. The van der Waals surface area contributed by atoms with Crippen molar-refractivity contribution in [2.75, 3.05) is 5.32 Å². The number of allylic oxidation sites excluding steroid dienone is 1. The lowest BCUT2D eigenvalue weighted by atomic mass is 10.2. The van der Waals surface area contributed by atoms with Crippen LogP contribution in [0.3, 0.4) is 0 Å². The minimum atomic E-state index is 0.806. The van der Waals surface area contributed by atoms with E-state index in [1.54, 1.807) is 17.7 Å². The third kappa shape index (κ3) is 2.96. The molecule has 0 fully saturated rings. The van der Waals surface area contributed by atoms with Gasteiger partial charge in [0.1, 0.15) is 6.33 Å². The van der Waals surface area contributed by atoms with Crippen LogP contribution in [-0.2, 0) is 6.54 Å². The quantitative estimate of drug-likeness (QED) is 0.366. The average molecular weight is 382 g/mol. The Balaban J connectivity index is 1.52. The predicted molar refractivity (Wildman–Crippen MR) is 118 cm³/mol. The highest BCUT2D eigenvalue weighted by Gasteiger charge is 2.11. The first-order valence-corrected chi connectivity index (χ1v) is 9.90. The Morgan fingerprint density at radius 3 is 2.79 bits per heavy atom. The molecular formula is C23H18N4S. The van der Waals surface area contributed by atoms with Crippen molar-refractivity contribution in [2.45, 2.75) is 6.54 Å². The standard InChI is InChI=1S/C23H18N4S/c1-2-11-27-12-10-17-13-18(8-9-20(17)27)26-23-22-19(24-15-25-23)14-21(28-22)16-6-4-3-5-7-16/h2-10,12-15H,1,11H2,(H,24,25,26). The molecule has 3 heterocycles. The summed E-state index contributed by atoms with van der Waals surface area (Å²) in [5.41, 5.74) is 4.36. The van der Waals surface area contributed by atoms with E-state index < -0.39 is 0 Å². The van der Waals surface area contributed by atoms with Crippen LogP contribution in [0, 0.1) is 0 Å². The van der Waals surface area contributed by atoms with E-state index in [9.17, 15) is 0 Å². The molecule has 0 aliphatic heterocycles. The van der Waals surface area contributed by atoms with Gasteiger partial charge < -0.3 is 9.88 Å². The van der Waals surface area contributed by atoms with Gasteiger partial charge in [0, 0.05) is 34.2 Å². The van der Waals surface area contributed by atoms with Gasteiger partial charge in [-0.05, 0) is 35.9 Å². The van der Waals surface area contributed by atoms with E-state index in [-0.39, 0.29) is 0 Å². The SMILES string of the molecule is C=CCn1ccc2cc(Nc3ncnc4cc(-c5ccccc5)sc34)ccc21. The zero-order valence-corrected chi connectivity index (χ0v) is 16.0. The molecule has 5 heteroatoms. The van der Waals surface area contributed by atoms with Gasteiger partial charge in [0.05, 0.1) is 10.2 Å². The minimum Gasteiger partial charge on any atom is -0.344 e. The fourth-order valence-electron chi connectivity index (χ4n) is 3.40. The number of fused-ring (bicyclic) bond motifs is 2. The number of benzene rings is 2. The molecule has 0 saturated carbocycles. The van der Waals surface area contributed by atoms with Crippen LogP contribution >= 0.6 is 11.3 Å². The Hall–Kier alpha value is -3.44. The lowest BCUT2D eigenvalue weighted by Crippen LogP contribution is -1.95. The van der Waals surface area contributed by atoms with E-state index in [1.807, 2.05) is 12.1 Å². The molecule has 3 aromatic heterocycles. The highest BCUT2D eigenvalue weighted by atomic mass is 32.1. The highest BCUT2D eigenvalue weighted by molar-refractivity contribution is 7.22. The van der Waals surface area contributed by atoms with Gasteiger partial charge in [0.25, 0.3) is 0 Å². The third-order valence-electron chi connectivity index (χ3n) is 4.73. The lowest BCUT2D eigenvalue weighted by molar-refractivity contribution is 0.865. The number of thiophene rings is 1. The molecule has 4 nitrogen and oxygen atoms in total. The van der Waals surface area contributed by atoms with Gasteiger partial charge in [0.2, 0.25) is 0 Å². The summed E-state index contributed by atoms with van der Waals surface area (Å²) in [6.07, 6.45) is 5.61. The van der Waals surface area contributed by atoms with E-state index in [1.165, 1.54) is 21.3 Å². The molecule has 28 heavy (non-hydrogen) atoms. The van der Waals surface area contributed by atoms with Gasteiger partial charge in [-0.15, -0.1) is 17.9 Å². The summed E-state index contributed by atoms with van der Waals surface area (Å²) in [5, 5.41) is 4.66. The Morgan fingerprint density at radius 2 is 1.93 bits per heavy atom. The van der Waals surface area contributed by atoms with Crippen LogP contribution in [0.1, 0.15) is 0 Å². The molecule has 0 aliphatic rings. The van der Waals surface area contributed by atoms with E-state index >= 15 is 0 Å². The van der Waals surface area contributed by atoms with Crippen molar-refractivity contribution in [1.29, 1.82) is 0 Å². The summed E-state index contributed by atoms with van der Waals surface area (Å²) in [5.74, 6) is 0.835. The van der Waals surface area contributed by atoms with Crippen molar-refractivity contribution in [3.05, 3.63) is 85.8 Å². The summed E-state index contributed by atoms with van der Waals surface area (Å²) < 4.78 is 3.24. The number of nitrogens with one attached hydrogen (secondary N) is 1. The molecule has 5 aromatic rings. The van der Waals surface area contributed by atoms with E-state index in [2.05, 4.69) is 87.2 Å². The van der Waals surface area contributed by atoms with Crippen molar-refractivity contribution in [3.63, 3.8) is 0 Å². The maximum atomic E-state index is 4.49. The van der Waals surface area contributed by atoms with Crippen molar-refractivity contribution in [2.24, 2.45) is 0 Å².